The van der Waals surface area contributed by atoms with Gasteiger partial charge < -0.3 is 5.32 Å². The lowest BCUT2D eigenvalue weighted by atomic mass is 10.2. The SMILES string of the molecule is CCC(C)NCC(C)Sc1cccc(F)c1. The molecule has 16 heavy (non-hydrogen) atoms. The number of nitrogens with one attached hydrogen (secondary N) is 1. The molecule has 3 heteroatoms. The van der Waals surface area contributed by atoms with Crippen LogP contribution in [0.3, 0.4) is 0 Å². The molecule has 0 heterocycles. The van der Waals surface area contributed by atoms with Crippen molar-refractivity contribution in [1.82, 2.24) is 5.32 Å². The first kappa shape index (κ1) is 13.5. The van der Waals surface area contributed by atoms with Crippen molar-refractivity contribution in [3.8, 4) is 0 Å². The summed E-state index contributed by atoms with van der Waals surface area (Å²) in [5.41, 5.74) is 0. The highest BCUT2D eigenvalue weighted by molar-refractivity contribution is 8.00. The minimum atomic E-state index is -0.160. The summed E-state index contributed by atoms with van der Waals surface area (Å²) < 4.78 is 13.0. The molecule has 0 aromatic heterocycles. The number of halogens is 1. The van der Waals surface area contributed by atoms with Crippen molar-refractivity contribution >= 4 is 11.8 Å². The van der Waals surface area contributed by atoms with Crippen LogP contribution in [0.1, 0.15) is 27.2 Å². The predicted octanol–water partition coefficient (Wildman–Crippen LogP) is 3.69. The molecule has 1 aromatic carbocycles. The molecule has 1 rings (SSSR count). The van der Waals surface area contributed by atoms with Crippen molar-refractivity contribution in [3.05, 3.63) is 30.1 Å². The summed E-state index contributed by atoms with van der Waals surface area (Å²) in [5.74, 6) is -0.160. The van der Waals surface area contributed by atoms with Crippen molar-refractivity contribution in [2.45, 2.75) is 43.4 Å². The van der Waals surface area contributed by atoms with Crippen LogP contribution in [-0.2, 0) is 0 Å². The quantitative estimate of drug-likeness (QED) is 0.762. The largest absolute Gasteiger partial charge is 0.313 e. The van der Waals surface area contributed by atoms with Gasteiger partial charge in [0.25, 0.3) is 0 Å². The van der Waals surface area contributed by atoms with Crippen LogP contribution in [0.15, 0.2) is 29.2 Å². The van der Waals surface area contributed by atoms with E-state index in [9.17, 15) is 4.39 Å². The summed E-state index contributed by atoms with van der Waals surface area (Å²) in [5, 5.41) is 3.91. The molecule has 2 atom stereocenters. The van der Waals surface area contributed by atoms with Gasteiger partial charge in [0.2, 0.25) is 0 Å². The molecule has 1 aromatic rings. The second kappa shape index (κ2) is 6.92. The maximum absolute atomic E-state index is 13.0. The molecule has 0 radical (unpaired) electrons. The molecule has 1 nitrogen and oxygen atoms in total. The van der Waals surface area contributed by atoms with Gasteiger partial charge in [-0.2, -0.15) is 0 Å². The normalized spacial score (nSPS) is 14.8. The molecular formula is C13H20FNS. The average molecular weight is 241 g/mol. The lowest BCUT2D eigenvalue weighted by Gasteiger charge is -2.16. The van der Waals surface area contributed by atoms with E-state index in [1.807, 2.05) is 6.07 Å². The molecule has 0 aliphatic heterocycles. The van der Waals surface area contributed by atoms with E-state index in [4.69, 9.17) is 0 Å². The molecule has 0 saturated carbocycles. The molecule has 1 N–H and O–H groups in total. The van der Waals surface area contributed by atoms with Crippen molar-refractivity contribution in [1.29, 1.82) is 0 Å². The third-order valence-electron chi connectivity index (χ3n) is 2.50. The van der Waals surface area contributed by atoms with Crippen LogP contribution in [0, 0.1) is 5.82 Å². The Morgan fingerprint density at radius 1 is 1.38 bits per heavy atom. The van der Waals surface area contributed by atoms with Gasteiger partial charge in [0.15, 0.2) is 0 Å². The Balaban J connectivity index is 2.36. The van der Waals surface area contributed by atoms with Crippen LogP contribution >= 0.6 is 11.8 Å². The molecule has 0 aliphatic carbocycles. The van der Waals surface area contributed by atoms with E-state index in [1.54, 1.807) is 23.9 Å². The van der Waals surface area contributed by atoms with E-state index in [2.05, 4.69) is 26.1 Å². The van der Waals surface area contributed by atoms with Crippen LogP contribution < -0.4 is 5.32 Å². The first-order chi connectivity index (χ1) is 7.61. The Bertz CT molecular complexity index is 317. The molecular weight excluding hydrogens is 221 g/mol. The molecule has 0 bridgehead atoms. The van der Waals surface area contributed by atoms with Crippen molar-refractivity contribution in [3.63, 3.8) is 0 Å². The fourth-order valence-electron chi connectivity index (χ4n) is 1.33. The number of hydrogen-bond acceptors (Lipinski definition) is 2. The van der Waals surface area contributed by atoms with Gasteiger partial charge >= 0.3 is 0 Å². The van der Waals surface area contributed by atoms with Gasteiger partial charge in [0.05, 0.1) is 0 Å². The smallest absolute Gasteiger partial charge is 0.124 e. The second-order valence-electron chi connectivity index (χ2n) is 4.10. The highest BCUT2D eigenvalue weighted by Gasteiger charge is 2.06. The van der Waals surface area contributed by atoms with Crippen LogP contribution in [0.25, 0.3) is 0 Å². The number of hydrogen-bond donors (Lipinski definition) is 1. The Labute approximate surface area is 102 Å². The first-order valence-corrected chi connectivity index (χ1v) is 6.65. The number of rotatable bonds is 6. The fourth-order valence-corrected chi connectivity index (χ4v) is 2.31. The lowest BCUT2D eigenvalue weighted by Crippen LogP contribution is -2.30. The van der Waals surface area contributed by atoms with E-state index < -0.39 is 0 Å². The van der Waals surface area contributed by atoms with Crippen molar-refractivity contribution < 1.29 is 4.39 Å². The summed E-state index contributed by atoms with van der Waals surface area (Å²) in [7, 11) is 0. The highest BCUT2D eigenvalue weighted by atomic mass is 32.2. The molecule has 0 saturated heterocycles. The summed E-state index contributed by atoms with van der Waals surface area (Å²) in [6.45, 7) is 7.46. The molecule has 90 valence electrons. The molecule has 0 fully saturated rings. The fraction of sp³-hybridized carbons (Fsp3) is 0.538. The Morgan fingerprint density at radius 2 is 2.12 bits per heavy atom. The molecule has 0 amide bonds. The van der Waals surface area contributed by atoms with E-state index in [0.717, 1.165) is 17.9 Å². The zero-order chi connectivity index (χ0) is 12.0. The number of benzene rings is 1. The lowest BCUT2D eigenvalue weighted by molar-refractivity contribution is 0.537. The highest BCUT2D eigenvalue weighted by Crippen LogP contribution is 2.23. The van der Waals surface area contributed by atoms with Crippen LogP contribution in [0.5, 0.6) is 0 Å². The molecule has 2 unspecified atom stereocenters. The third kappa shape index (κ3) is 4.99. The van der Waals surface area contributed by atoms with E-state index in [-0.39, 0.29) is 5.82 Å². The maximum atomic E-state index is 13.0. The Morgan fingerprint density at radius 3 is 2.75 bits per heavy atom. The monoisotopic (exact) mass is 241 g/mol. The predicted molar refractivity (Wildman–Crippen MR) is 69.5 cm³/mol. The van der Waals surface area contributed by atoms with Crippen LogP contribution in [0.4, 0.5) is 4.39 Å². The minimum absolute atomic E-state index is 0.160. The zero-order valence-corrected chi connectivity index (χ0v) is 11.0. The summed E-state index contributed by atoms with van der Waals surface area (Å²) in [4.78, 5) is 0.999. The first-order valence-electron chi connectivity index (χ1n) is 5.77. The van der Waals surface area contributed by atoms with Gasteiger partial charge in [-0.1, -0.05) is 19.9 Å². The van der Waals surface area contributed by atoms with Gasteiger partial charge in [0, 0.05) is 22.7 Å². The zero-order valence-electron chi connectivity index (χ0n) is 10.2. The van der Waals surface area contributed by atoms with Gasteiger partial charge in [0.1, 0.15) is 5.82 Å². The summed E-state index contributed by atoms with van der Waals surface area (Å²) in [6.07, 6.45) is 1.14. The van der Waals surface area contributed by atoms with E-state index >= 15 is 0 Å². The van der Waals surface area contributed by atoms with Crippen LogP contribution in [-0.4, -0.2) is 17.8 Å². The third-order valence-corrected chi connectivity index (χ3v) is 3.59. The Hall–Kier alpha value is -0.540. The second-order valence-corrected chi connectivity index (χ2v) is 5.62. The van der Waals surface area contributed by atoms with Crippen LogP contribution in [0.2, 0.25) is 0 Å². The van der Waals surface area contributed by atoms with Crippen molar-refractivity contribution in [2.24, 2.45) is 0 Å². The topological polar surface area (TPSA) is 12.0 Å². The summed E-state index contributed by atoms with van der Waals surface area (Å²) in [6, 6.07) is 7.33. The van der Waals surface area contributed by atoms with Gasteiger partial charge in [-0.3, -0.25) is 0 Å². The standard InChI is InChI=1S/C13H20FNS/c1-4-10(2)15-9-11(3)16-13-7-5-6-12(14)8-13/h5-8,10-11,15H,4,9H2,1-3H3. The van der Waals surface area contributed by atoms with Gasteiger partial charge in [-0.25, -0.2) is 4.39 Å². The Kier molecular flexibility index (Phi) is 5.85. The minimum Gasteiger partial charge on any atom is -0.313 e. The number of thioether (sulfide) groups is 1. The van der Waals surface area contributed by atoms with Gasteiger partial charge in [-0.15, -0.1) is 11.8 Å². The van der Waals surface area contributed by atoms with Crippen molar-refractivity contribution in [2.75, 3.05) is 6.54 Å². The van der Waals surface area contributed by atoms with E-state index in [1.165, 1.54) is 6.07 Å². The molecule has 0 aliphatic rings. The van der Waals surface area contributed by atoms with Gasteiger partial charge in [-0.05, 0) is 31.5 Å². The van der Waals surface area contributed by atoms with E-state index in [0.29, 0.717) is 11.3 Å². The maximum Gasteiger partial charge on any atom is 0.124 e. The average Bonchev–Trinajstić information content (AvgIpc) is 2.26. The summed E-state index contributed by atoms with van der Waals surface area (Å²) >= 11 is 1.71. The molecule has 0 spiro atoms.